The molecule has 5 nitrogen and oxygen atoms in total. The molecule has 2 N–H and O–H groups in total. The highest BCUT2D eigenvalue weighted by Gasteiger charge is 2.27. The maximum atomic E-state index is 13.5. The monoisotopic (exact) mass is 676 g/mol. The second-order valence-corrected chi connectivity index (χ2v) is 14.3. The summed E-state index contributed by atoms with van der Waals surface area (Å²) in [4.78, 5) is 26.9. The molecular weight excluding hydrogens is 627 g/mol. The fourth-order valence-electron chi connectivity index (χ4n) is 7.36. The van der Waals surface area contributed by atoms with E-state index in [4.69, 9.17) is 27.9 Å². The van der Waals surface area contributed by atoms with Gasteiger partial charge in [-0.3, -0.25) is 9.59 Å². The third kappa shape index (κ3) is 9.40. The number of hydrogen-bond donors (Lipinski definition) is 2. The Morgan fingerprint density at radius 3 is 2.64 bits per heavy atom. The van der Waals surface area contributed by atoms with Gasteiger partial charge in [0, 0.05) is 29.2 Å². The Bertz CT molecular complexity index is 1520. The zero-order valence-electron chi connectivity index (χ0n) is 28.2. The van der Waals surface area contributed by atoms with Crippen molar-refractivity contribution in [1.82, 2.24) is 5.32 Å². The fourth-order valence-corrected chi connectivity index (χ4v) is 7.96. The first-order chi connectivity index (χ1) is 22.7. The molecule has 1 aliphatic heterocycles. The molecule has 7 heteroatoms. The van der Waals surface area contributed by atoms with Crippen LogP contribution in [-0.2, 0) is 16.0 Å². The van der Waals surface area contributed by atoms with Gasteiger partial charge < -0.3 is 15.4 Å². The highest BCUT2D eigenvalue weighted by atomic mass is 35.5. The minimum absolute atomic E-state index is 0.0716. The van der Waals surface area contributed by atoms with Crippen LogP contribution in [-0.4, -0.2) is 30.9 Å². The Morgan fingerprint density at radius 2 is 1.91 bits per heavy atom. The second-order valence-electron chi connectivity index (χ2n) is 13.5. The molecule has 1 heterocycles. The highest BCUT2D eigenvalue weighted by molar-refractivity contribution is 6.32. The molecule has 3 aliphatic rings. The standard InChI is InChI=1S/C40H50Cl2N2O3/c1-4-27-9-6-12-30(21-27)26(3)34-17-15-28(22-36(34)41)10-7-14-38(45)31-13-8-11-29(5-2)35(23-31)40(46)44-32-16-18-39(37(42)24-32)47-33-19-20-43-25-33/h8,11,15-18,22-24,26-27,30,33,43H,4-7,9-10,12-14,19-21,25H2,1-3H3,(H,44,46). The molecule has 5 rings (SSSR count). The number of benzene rings is 2. The lowest BCUT2D eigenvalue weighted by atomic mass is 9.73. The van der Waals surface area contributed by atoms with E-state index in [1.807, 2.05) is 19.1 Å². The zero-order chi connectivity index (χ0) is 33.3. The smallest absolute Gasteiger partial charge is 0.255 e. The first kappa shape index (κ1) is 35.4. The summed E-state index contributed by atoms with van der Waals surface area (Å²) in [5, 5.41) is 7.56. The third-order valence-electron chi connectivity index (χ3n) is 10.3. The van der Waals surface area contributed by atoms with Gasteiger partial charge >= 0.3 is 0 Å². The third-order valence-corrected chi connectivity index (χ3v) is 11.0. The van der Waals surface area contributed by atoms with Crippen molar-refractivity contribution in [2.45, 2.75) is 103 Å². The fraction of sp³-hybridized carbons (Fsp3) is 0.500. The van der Waals surface area contributed by atoms with Crippen molar-refractivity contribution in [3.05, 3.63) is 92.5 Å². The van der Waals surface area contributed by atoms with Gasteiger partial charge in [0.25, 0.3) is 5.91 Å². The second kappa shape index (κ2) is 17.0. The summed E-state index contributed by atoms with van der Waals surface area (Å²) >= 11 is 13.3. The van der Waals surface area contributed by atoms with E-state index in [0.717, 1.165) is 54.4 Å². The molecule has 252 valence electrons. The number of ether oxygens (including phenoxy) is 1. The van der Waals surface area contributed by atoms with Crippen LogP contribution in [0.4, 0.5) is 5.69 Å². The first-order valence-corrected chi connectivity index (χ1v) is 18.4. The summed E-state index contributed by atoms with van der Waals surface area (Å²) in [7, 11) is 0. The lowest BCUT2D eigenvalue weighted by molar-refractivity contribution is -0.115. The Labute approximate surface area is 291 Å². The summed E-state index contributed by atoms with van der Waals surface area (Å²) in [5.41, 5.74) is 5.05. The van der Waals surface area contributed by atoms with E-state index in [9.17, 15) is 9.59 Å². The average molecular weight is 678 g/mol. The molecule has 0 aromatic heterocycles. The SMILES string of the molecule is CCC1=C(C(=O)Nc2ccc(OC3CCNC3)c(Cl)c2)C=C(C(=O)CCCc2ccc(C(C)C3CCCC(CC)C3)c(Cl)c2)CC=C1. The van der Waals surface area contributed by atoms with Crippen molar-refractivity contribution in [1.29, 1.82) is 0 Å². The van der Waals surface area contributed by atoms with E-state index in [2.05, 4.69) is 42.7 Å². The number of hydrogen-bond acceptors (Lipinski definition) is 4. The number of anilines is 1. The molecule has 2 aliphatic carbocycles. The number of allylic oxidation sites excluding steroid dienone is 4. The Balaban J connectivity index is 1.18. The van der Waals surface area contributed by atoms with Gasteiger partial charge in [-0.1, -0.05) is 87.5 Å². The van der Waals surface area contributed by atoms with E-state index in [-0.39, 0.29) is 17.8 Å². The van der Waals surface area contributed by atoms with Gasteiger partial charge in [-0.05, 0) is 122 Å². The van der Waals surface area contributed by atoms with Crippen molar-refractivity contribution in [2.24, 2.45) is 11.8 Å². The van der Waals surface area contributed by atoms with Gasteiger partial charge in [0.15, 0.2) is 5.78 Å². The van der Waals surface area contributed by atoms with Gasteiger partial charge in [-0.15, -0.1) is 0 Å². The first-order valence-electron chi connectivity index (χ1n) is 17.7. The number of aryl methyl sites for hydroxylation is 1. The quantitative estimate of drug-likeness (QED) is 0.222. The topological polar surface area (TPSA) is 67.4 Å². The molecule has 2 aromatic carbocycles. The van der Waals surface area contributed by atoms with Crippen molar-refractivity contribution in [3.8, 4) is 5.75 Å². The summed E-state index contributed by atoms with van der Waals surface area (Å²) < 4.78 is 6.00. The number of Topliss-reactive ketones (excluding diaryl/α,β-unsaturated/α-hetero) is 1. The highest BCUT2D eigenvalue weighted by Crippen LogP contribution is 2.41. The molecule has 0 radical (unpaired) electrons. The Kier molecular flexibility index (Phi) is 12.8. The van der Waals surface area contributed by atoms with Gasteiger partial charge in [-0.2, -0.15) is 0 Å². The Hall–Kier alpha value is -2.86. The number of rotatable bonds is 13. The van der Waals surface area contributed by atoms with Crippen LogP contribution in [0.25, 0.3) is 0 Å². The summed E-state index contributed by atoms with van der Waals surface area (Å²) in [6.07, 6.45) is 16.4. The van der Waals surface area contributed by atoms with Crippen LogP contribution >= 0.6 is 23.2 Å². The van der Waals surface area contributed by atoms with Crippen molar-refractivity contribution < 1.29 is 14.3 Å². The number of halogens is 2. The van der Waals surface area contributed by atoms with Crippen LogP contribution in [0.5, 0.6) is 5.75 Å². The van der Waals surface area contributed by atoms with Crippen LogP contribution in [0.3, 0.4) is 0 Å². The number of ketones is 1. The van der Waals surface area contributed by atoms with Crippen molar-refractivity contribution in [2.75, 3.05) is 18.4 Å². The van der Waals surface area contributed by atoms with E-state index < -0.39 is 0 Å². The molecular formula is C40H50Cl2N2O3. The number of nitrogens with one attached hydrogen (secondary N) is 2. The van der Waals surface area contributed by atoms with Crippen LogP contribution < -0.4 is 15.4 Å². The van der Waals surface area contributed by atoms with E-state index >= 15 is 0 Å². The van der Waals surface area contributed by atoms with Crippen LogP contribution in [0.1, 0.15) is 102 Å². The van der Waals surface area contributed by atoms with Crippen molar-refractivity contribution in [3.63, 3.8) is 0 Å². The molecule has 4 unspecified atom stereocenters. The summed E-state index contributed by atoms with van der Waals surface area (Å²) in [5.74, 6) is 2.42. The molecule has 1 saturated carbocycles. The predicted octanol–water partition coefficient (Wildman–Crippen LogP) is 10.2. The lowest BCUT2D eigenvalue weighted by Gasteiger charge is -2.33. The van der Waals surface area contributed by atoms with Crippen LogP contribution in [0.2, 0.25) is 10.0 Å². The summed E-state index contributed by atoms with van der Waals surface area (Å²) in [6.45, 7) is 8.39. The van der Waals surface area contributed by atoms with Gasteiger partial charge in [-0.25, -0.2) is 0 Å². The Morgan fingerprint density at radius 1 is 1.06 bits per heavy atom. The van der Waals surface area contributed by atoms with Crippen LogP contribution in [0.15, 0.2) is 71.3 Å². The number of amides is 1. The lowest BCUT2D eigenvalue weighted by Crippen LogP contribution is -2.20. The van der Waals surface area contributed by atoms with Gasteiger partial charge in [0.05, 0.1) is 5.02 Å². The largest absolute Gasteiger partial charge is 0.487 e. The van der Waals surface area contributed by atoms with Gasteiger partial charge in [0.1, 0.15) is 11.9 Å². The number of carbonyl (C=O) groups excluding carboxylic acids is 2. The van der Waals surface area contributed by atoms with Gasteiger partial charge in [0.2, 0.25) is 0 Å². The summed E-state index contributed by atoms with van der Waals surface area (Å²) in [6, 6.07) is 11.8. The van der Waals surface area contributed by atoms with Crippen LogP contribution in [0, 0.1) is 11.8 Å². The number of carbonyl (C=O) groups is 2. The minimum atomic E-state index is -0.258. The van der Waals surface area contributed by atoms with Crippen molar-refractivity contribution >= 4 is 40.6 Å². The van der Waals surface area contributed by atoms with E-state index in [1.165, 1.54) is 37.7 Å². The minimum Gasteiger partial charge on any atom is -0.487 e. The normalized spacial score (nSPS) is 22.1. The maximum absolute atomic E-state index is 13.5. The van der Waals surface area contributed by atoms with E-state index in [1.54, 1.807) is 24.3 Å². The molecule has 2 fully saturated rings. The molecule has 0 bridgehead atoms. The molecule has 0 spiro atoms. The molecule has 47 heavy (non-hydrogen) atoms. The predicted molar refractivity (Wildman–Crippen MR) is 195 cm³/mol. The van der Waals surface area contributed by atoms with E-state index in [0.29, 0.717) is 58.7 Å². The average Bonchev–Trinajstić information content (AvgIpc) is 3.49. The molecule has 1 amide bonds. The maximum Gasteiger partial charge on any atom is 0.255 e. The zero-order valence-corrected chi connectivity index (χ0v) is 29.7. The molecule has 1 saturated heterocycles. The molecule has 2 aromatic rings. The molecule has 4 atom stereocenters.